The number of carbonyl (C=O) groups excluding carboxylic acids is 1. The number of aromatic nitrogens is 2. The number of para-hydroxylation sites is 2. The van der Waals surface area contributed by atoms with Gasteiger partial charge in [-0.25, -0.2) is 9.78 Å². The molecular weight excluding hydrogens is 432 g/mol. The number of benzene rings is 2. The highest BCUT2D eigenvalue weighted by Crippen LogP contribution is 2.29. The van der Waals surface area contributed by atoms with Crippen LogP contribution in [-0.2, 0) is 6.42 Å². The molecule has 0 atom stereocenters. The zero-order valence-electron chi connectivity index (χ0n) is 19.5. The van der Waals surface area contributed by atoms with Gasteiger partial charge in [0, 0.05) is 37.3 Å². The summed E-state index contributed by atoms with van der Waals surface area (Å²) in [7, 11) is 3.99. The number of urea groups is 1. The normalized spacial score (nSPS) is 18.1. The maximum Gasteiger partial charge on any atom is 0.331 e. The van der Waals surface area contributed by atoms with Gasteiger partial charge in [0.1, 0.15) is 5.82 Å². The van der Waals surface area contributed by atoms with Gasteiger partial charge in [0.2, 0.25) is 5.95 Å². The summed E-state index contributed by atoms with van der Waals surface area (Å²) in [5, 5.41) is 7.57. The molecule has 1 aliphatic rings. The SMILES string of the molecule is CCc1ccccc1NC(=O)N(S)C1CCC(Nc2nc(N(C)C)c3ccccc3n2)CC1. The fourth-order valence-electron chi connectivity index (χ4n) is 4.40. The first-order chi connectivity index (χ1) is 16.0. The fourth-order valence-corrected chi connectivity index (χ4v) is 4.68. The zero-order valence-corrected chi connectivity index (χ0v) is 20.3. The minimum Gasteiger partial charge on any atom is -0.362 e. The number of thiol groups is 1. The molecule has 2 amide bonds. The van der Waals surface area contributed by atoms with Gasteiger partial charge in [-0.1, -0.05) is 50.1 Å². The van der Waals surface area contributed by atoms with E-state index in [0.717, 1.165) is 60.1 Å². The number of carbonyl (C=O) groups is 1. The molecule has 0 aliphatic heterocycles. The number of hydrogen-bond acceptors (Lipinski definition) is 6. The molecule has 0 unspecified atom stereocenters. The molecule has 33 heavy (non-hydrogen) atoms. The largest absolute Gasteiger partial charge is 0.362 e. The Morgan fingerprint density at radius 1 is 1.03 bits per heavy atom. The molecule has 1 heterocycles. The molecule has 1 fully saturated rings. The lowest BCUT2D eigenvalue weighted by atomic mass is 9.91. The van der Waals surface area contributed by atoms with E-state index in [0.29, 0.717) is 5.95 Å². The van der Waals surface area contributed by atoms with Gasteiger partial charge in [0.25, 0.3) is 0 Å². The average molecular weight is 465 g/mol. The van der Waals surface area contributed by atoms with Crippen LogP contribution in [0.2, 0.25) is 0 Å². The van der Waals surface area contributed by atoms with Crippen LogP contribution in [0.1, 0.15) is 38.2 Å². The highest BCUT2D eigenvalue weighted by atomic mass is 32.1. The van der Waals surface area contributed by atoms with Crippen LogP contribution < -0.4 is 15.5 Å². The van der Waals surface area contributed by atoms with Crippen LogP contribution in [0.15, 0.2) is 48.5 Å². The molecule has 0 saturated heterocycles. The minimum atomic E-state index is -0.177. The number of fused-ring (bicyclic) bond motifs is 1. The summed E-state index contributed by atoms with van der Waals surface area (Å²) in [5.74, 6) is 1.56. The molecule has 2 aromatic carbocycles. The minimum absolute atomic E-state index is 0.0926. The molecule has 1 saturated carbocycles. The number of anilines is 3. The molecule has 0 spiro atoms. The van der Waals surface area contributed by atoms with Gasteiger partial charge >= 0.3 is 6.03 Å². The zero-order chi connectivity index (χ0) is 23.4. The second-order valence-corrected chi connectivity index (χ2v) is 9.15. The second kappa shape index (κ2) is 10.3. The third kappa shape index (κ3) is 5.33. The number of nitrogens with zero attached hydrogens (tertiary/aromatic N) is 4. The van der Waals surface area contributed by atoms with E-state index in [2.05, 4.69) is 30.4 Å². The highest BCUT2D eigenvalue weighted by Gasteiger charge is 2.28. The third-order valence-electron chi connectivity index (χ3n) is 6.23. The summed E-state index contributed by atoms with van der Waals surface area (Å²) in [6.07, 6.45) is 4.46. The van der Waals surface area contributed by atoms with Crippen LogP contribution in [0, 0.1) is 0 Å². The number of aryl methyl sites for hydroxylation is 1. The molecule has 0 radical (unpaired) electrons. The molecule has 2 N–H and O–H groups in total. The lowest BCUT2D eigenvalue weighted by Crippen LogP contribution is -2.40. The smallest absolute Gasteiger partial charge is 0.331 e. The van der Waals surface area contributed by atoms with Crippen molar-refractivity contribution < 1.29 is 4.79 Å². The van der Waals surface area contributed by atoms with Crippen molar-refractivity contribution in [3.05, 3.63) is 54.1 Å². The Labute approximate surface area is 201 Å². The molecule has 4 rings (SSSR count). The first-order valence-corrected chi connectivity index (χ1v) is 11.9. The molecule has 7 nitrogen and oxygen atoms in total. The van der Waals surface area contributed by atoms with Crippen molar-refractivity contribution in [1.29, 1.82) is 0 Å². The predicted octanol–water partition coefficient (Wildman–Crippen LogP) is 5.36. The van der Waals surface area contributed by atoms with E-state index >= 15 is 0 Å². The summed E-state index contributed by atoms with van der Waals surface area (Å²) < 4.78 is 1.55. The van der Waals surface area contributed by atoms with Crippen molar-refractivity contribution in [2.24, 2.45) is 0 Å². The van der Waals surface area contributed by atoms with Crippen LogP contribution in [-0.4, -0.2) is 46.5 Å². The monoisotopic (exact) mass is 464 g/mol. The Morgan fingerprint density at radius 3 is 2.45 bits per heavy atom. The van der Waals surface area contributed by atoms with Crippen molar-refractivity contribution in [3.63, 3.8) is 0 Å². The molecule has 174 valence electrons. The Balaban J connectivity index is 1.36. The predicted molar refractivity (Wildman–Crippen MR) is 139 cm³/mol. The van der Waals surface area contributed by atoms with Crippen molar-refractivity contribution >= 4 is 47.2 Å². The van der Waals surface area contributed by atoms with E-state index in [1.54, 1.807) is 4.31 Å². The quantitative estimate of drug-likeness (QED) is 0.428. The number of amides is 2. The average Bonchev–Trinajstić information content (AvgIpc) is 2.83. The van der Waals surface area contributed by atoms with Crippen LogP contribution in [0.5, 0.6) is 0 Å². The summed E-state index contributed by atoms with van der Waals surface area (Å²) in [5.41, 5.74) is 2.90. The summed E-state index contributed by atoms with van der Waals surface area (Å²) in [6.45, 7) is 2.08. The first-order valence-electron chi connectivity index (χ1n) is 11.5. The van der Waals surface area contributed by atoms with Crippen molar-refractivity contribution in [3.8, 4) is 0 Å². The van der Waals surface area contributed by atoms with Crippen LogP contribution in [0.25, 0.3) is 10.9 Å². The lowest BCUT2D eigenvalue weighted by molar-refractivity contribution is 0.217. The Morgan fingerprint density at radius 2 is 1.73 bits per heavy atom. The van der Waals surface area contributed by atoms with Gasteiger partial charge in [0.05, 0.1) is 5.52 Å². The van der Waals surface area contributed by atoms with E-state index in [-0.39, 0.29) is 18.1 Å². The summed E-state index contributed by atoms with van der Waals surface area (Å²) in [6, 6.07) is 16.1. The molecule has 3 aromatic rings. The number of nitrogens with one attached hydrogen (secondary N) is 2. The molecular formula is C25H32N6OS. The Kier molecular flexibility index (Phi) is 7.23. The van der Waals surface area contributed by atoms with E-state index in [4.69, 9.17) is 9.97 Å². The van der Waals surface area contributed by atoms with Gasteiger partial charge in [0.15, 0.2) is 0 Å². The first kappa shape index (κ1) is 23.2. The summed E-state index contributed by atoms with van der Waals surface area (Å²) >= 11 is 4.54. The van der Waals surface area contributed by atoms with Gasteiger partial charge in [-0.15, -0.1) is 0 Å². The van der Waals surface area contributed by atoms with Gasteiger partial charge in [-0.05, 0) is 55.9 Å². The molecule has 8 heteroatoms. The Bertz CT molecular complexity index is 1110. The van der Waals surface area contributed by atoms with Crippen molar-refractivity contribution in [1.82, 2.24) is 14.3 Å². The van der Waals surface area contributed by atoms with Gasteiger partial charge in [-0.2, -0.15) is 4.98 Å². The van der Waals surface area contributed by atoms with Crippen molar-refractivity contribution in [2.45, 2.75) is 51.1 Å². The van der Waals surface area contributed by atoms with E-state index in [1.165, 1.54) is 0 Å². The number of hydrogen-bond donors (Lipinski definition) is 3. The van der Waals surface area contributed by atoms with E-state index in [9.17, 15) is 4.79 Å². The summed E-state index contributed by atoms with van der Waals surface area (Å²) in [4.78, 5) is 24.3. The molecule has 0 bridgehead atoms. The van der Waals surface area contributed by atoms with E-state index in [1.807, 2.05) is 67.5 Å². The maximum atomic E-state index is 12.8. The van der Waals surface area contributed by atoms with Crippen LogP contribution in [0.4, 0.5) is 22.2 Å². The number of rotatable bonds is 6. The third-order valence-corrected chi connectivity index (χ3v) is 6.74. The topological polar surface area (TPSA) is 73.4 Å². The molecule has 1 aliphatic carbocycles. The van der Waals surface area contributed by atoms with Crippen LogP contribution in [0.3, 0.4) is 0 Å². The Hall–Kier alpha value is -3.00. The van der Waals surface area contributed by atoms with Gasteiger partial charge < -0.3 is 15.5 Å². The maximum absolute atomic E-state index is 12.8. The second-order valence-electron chi connectivity index (χ2n) is 8.72. The van der Waals surface area contributed by atoms with E-state index < -0.39 is 0 Å². The van der Waals surface area contributed by atoms with Gasteiger partial charge in [-0.3, -0.25) is 4.31 Å². The molecule has 1 aromatic heterocycles. The highest BCUT2D eigenvalue weighted by molar-refractivity contribution is 7.78. The van der Waals surface area contributed by atoms with Crippen LogP contribution >= 0.6 is 12.8 Å². The fraction of sp³-hybridized carbons (Fsp3) is 0.400. The lowest BCUT2D eigenvalue weighted by Gasteiger charge is -2.34. The standard InChI is InChI=1S/C25H32N6OS/c1-4-17-9-5-7-11-21(17)28-25(32)31(33)19-15-13-18(14-16-19)26-24-27-22-12-8-6-10-20(22)23(29-24)30(2)3/h5-12,18-19,33H,4,13-16H2,1-3H3,(H,28,32)(H,26,27,29). The van der Waals surface area contributed by atoms with Crippen molar-refractivity contribution in [2.75, 3.05) is 29.6 Å².